The molecular weight excluding hydrogens is 218 g/mol. The molecule has 1 aliphatic heterocycles. The van der Waals surface area contributed by atoms with Crippen LogP contribution in [-0.2, 0) is 13.0 Å². The first kappa shape index (κ1) is 10.5. The van der Waals surface area contributed by atoms with Crippen molar-refractivity contribution >= 4 is 0 Å². The van der Waals surface area contributed by atoms with Crippen LogP contribution in [0.3, 0.4) is 0 Å². The zero-order chi connectivity index (χ0) is 11.8. The van der Waals surface area contributed by atoms with Crippen molar-refractivity contribution in [1.82, 2.24) is 14.8 Å². The van der Waals surface area contributed by atoms with E-state index < -0.39 is 0 Å². The Labute approximate surface area is 99.1 Å². The molecule has 0 saturated heterocycles. The fourth-order valence-corrected chi connectivity index (χ4v) is 2.29. The molecule has 17 heavy (non-hydrogen) atoms. The molecule has 2 aromatic rings. The Hall–Kier alpha value is -1.62. The van der Waals surface area contributed by atoms with Gasteiger partial charge in [0.2, 0.25) is 0 Å². The molecule has 0 fully saturated rings. The molecule has 0 saturated carbocycles. The van der Waals surface area contributed by atoms with E-state index in [0.717, 1.165) is 42.6 Å². The number of rotatable bonds is 2. The third kappa shape index (κ3) is 1.76. The maximum Gasteiger partial charge on any atom is 0.199 e. The van der Waals surface area contributed by atoms with E-state index in [0.29, 0.717) is 5.92 Å². The summed E-state index contributed by atoms with van der Waals surface area (Å²) < 4.78 is 7.66. The summed E-state index contributed by atoms with van der Waals surface area (Å²) in [7, 11) is 0. The van der Waals surface area contributed by atoms with Crippen molar-refractivity contribution in [3.8, 4) is 11.6 Å². The minimum atomic E-state index is 0.224. The lowest BCUT2D eigenvalue weighted by atomic mass is 9.99. The maximum atomic E-state index is 9.17. The van der Waals surface area contributed by atoms with E-state index in [4.69, 9.17) is 9.52 Å². The summed E-state index contributed by atoms with van der Waals surface area (Å²) >= 11 is 0. The van der Waals surface area contributed by atoms with Gasteiger partial charge in [0.1, 0.15) is 11.6 Å². The van der Waals surface area contributed by atoms with Crippen LogP contribution in [0.15, 0.2) is 16.5 Å². The number of aliphatic hydroxyl groups excluding tert-OH is 1. The second kappa shape index (κ2) is 4.00. The van der Waals surface area contributed by atoms with Gasteiger partial charge in [0, 0.05) is 19.6 Å². The number of aliphatic hydroxyl groups is 1. The van der Waals surface area contributed by atoms with E-state index in [-0.39, 0.29) is 6.61 Å². The molecular formula is C12H15N3O2. The molecule has 1 aliphatic rings. The highest BCUT2D eigenvalue weighted by molar-refractivity contribution is 5.47. The van der Waals surface area contributed by atoms with Crippen LogP contribution in [-0.4, -0.2) is 26.5 Å². The quantitative estimate of drug-likeness (QED) is 0.851. The van der Waals surface area contributed by atoms with Crippen molar-refractivity contribution in [2.45, 2.75) is 26.3 Å². The first-order valence-corrected chi connectivity index (χ1v) is 5.87. The number of furan rings is 1. The van der Waals surface area contributed by atoms with Crippen LogP contribution in [0.4, 0.5) is 0 Å². The van der Waals surface area contributed by atoms with Crippen LogP contribution in [0.1, 0.15) is 18.0 Å². The topological polar surface area (TPSA) is 64.1 Å². The Balaban J connectivity index is 1.96. The second-order valence-electron chi connectivity index (χ2n) is 4.54. The van der Waals surface area contributed by atoms with Crippen LogP contribution in [0, 0.1) is 12.8 Å². The summed E-state index contributed by atoms with van der Waals surface area (Å²) in [6.07, 6.45) is 1.76. The van der Waals surface area contributed by atoms with Crippen LogP contribution >= 0.6 is 0 Å². The second-order valence-corrected chi connectivity index (χ2v) is 4.54. The SMILES string of the molecule is Cc1ccc(-c2nnc3n2CCC(CO)C3)o1. The normalized spacial score (nSPS) is 19.3. The molecule has 5 heteroatoms. The molecule has 3 rings (SSSR count). The summed E-state index contributed by atoms with van der Waals surface area (Å²) in [6, 6.07) is 3.85. The molecule has 0 bridgehead atoms. The fraction of sp³-hybridized carbons (Fsp3) is 0.500. The molecule has 2 aromatic heterocycles. The number of hydrogen-bond acceptors (Lipinski definition) is 4. The molecule has 0 amide bonds. The summed E-state index contributed by atoms with van der Waals surface area (Å²) in [6.45, 7) is 2.99. The molecule has 5 nitrogen and oxygen atoms in total. The van der Waals surface area contributed by atoms with Crippen molar-refractivity contribution in [2.24, 2.45) is 5.92 Å². The molecule has 1 N–H and O–H groups in total. The predicted octanol–water partition coefficient (Wildman–Crippen LogP) is 1.40. The Morgan fingerprint density at radius 3 is 3.06 bits per heavy atom. The molecule has 90 valence electrons. The highest BCUT2D eigenvalue weighted by Gasteiger charge is 2.24. The van der Waals surface area contributed by atoms with E-state index in [2.05, 4.69) is 14.8 Å². The Morgan fingerprint density at radius 1 is 1.47 bits per heavy atom. The van der Waals surface area contributed by atoms with E-state index in [1.165, 1.54) is 0 Å². The third-order valence-corrected chi connectivity index (χ3v) is 3.28. The third-order valence-electron chi connectivity index (χ3n) is 3.28. The van der Waals surface area contributed by atoms with Crippen molar-refractivity contribution in [3.63, 3.8) is 0 Å². The largest absolute Gasteiger partial charge is 0.458 e. The summed E-state index contributed by atoms with van der Waals surface area (Å²) in [5.41, 5.74) is 0. The standard InChI is InChI=1S/C12H15N3O2/c1-8-2-3-10(17-8)12-14-13-11-6-9(7-16)4-5-15(11)12/h2-3,9,16H,4-7H2,1H3. The molecule has 0 aromatic carbocycles. The van der Waals surface area contributed by atoms with E-state index >= 15 is 0 Å². The smallest absolute Gasteiger partial charge is 0.199 e. The monoisotopic (exact) mass is 233 g/mol. The van der Waals surface area contributed by atoms with Crippen molar-refractivity contribution in [1.29, 1.82) is 0 Å². The number of aryl methyl sites for hydroxylation is 1. The average Bonchev–Trinajstić information content (AvgIpc) is 2.93. The van der Waals surface area contributed by atoms with Gasteiger partial charge in [-0.15, -0.1) is 10.2 Å². The number of hydrogen-bond donors (Lipinski definition) is 1. The minimum Gasteiger partial charge on any atom is -0.458 e. The van der Waals surface area contributed by atoms with Gasteiger partial charge in [0.15, 0.2) is 11.6 Å². The highest BCUT2D eigenvalue weighted by Crippen LogP contribution is 2.26. The van der Waals surface area contributed by atoms with Crippen molar-refractivity contribution < 1.29 is 9.52 Å². The Bertz CT molecular complexity index is 530. The van der Waals surface area contributed by atoms with Crippen LogP contribution in [0.25, 0.3) is 11.6 Å². The van der Waals surface area contributed by atoms with E-state index in [9.17, 15) is 0 Å². The zero-order valence-corrected chi connectivity index (χ0v) is 9.76. The van der Waals surface area contributed by atoms with E-state index in [1.54, 1.807) is 0 Å². The lowest BCUT2D eigenvalue weighted by Gasteiger charge is -2.21. The van der Waals surface area contributed by atoms with E-state index in [1.807, 2.05) is 19.1 Å². The Kier molecular flexibility index (Phi) is 2.48. The number of fused-ring (bicyclic) bond motifs is 1. The maximum absolute atomic E-state index is 9.17. The van der Waals surface area contributed by atoms with Crippen molar-refractivity contribution in [2.75, 3.05) is 6.61 Å². The zero-order valence-electron chi connectivity index (χ0n) is 9.76. The van der Waals surface area contributed by atoms with Gasteiger partial charge in [-0.3, -0.25) is 0 Å². The van der Waals surface area contributed by atoms with Gasteiger partial charge in [0.25, 0.3) is 0 Å². The molecule has 0 radical (unpaired) electrons. The lowest BCUT2D eigenvalue weighted by molar-refractivity contribution is 0.199. The molecule has 1 atom stereocenters. The van der Waals surface area contributed by atoms with Gasteiger partial charge in [0.05, 0.1) is 0 Å². The summed E-state index contributed by atoms with van der Waals surface area (Å²) in [4.78, 5) is 0. The predicted molar refractivity (Wildman–Crippen MR) is 61.4 cm³/mol. The van der Waals surface area contributed by atoms with Crippen molar-refractivity contribution in [3.05, 3.63) is 23.7 Å². The lowest BCUT2D eigenvalue weighted by Crippen LogP contribution is -2.22. The number of aromatic nitrogens is 3. The first-order valence-electron chi connectivity index (χ1n) is 5.87. The number of nitrogens with zero attached hydrogens (tertiary/aromatic N) is 3. The van der Waals surface area contributed by atoms with Gasteiger partial charge < -0.3 is 14.1 Å². The van der Waals surface area contributed by atoms with Crippen LogP contribution in [0.5, 0.6) is 0 Å². The molecule has 0 spiro atoms. The van der Waals surface area contributed by atoms with Gasteiger partial charge in [-0.1, -0.05) is 0 Å². The molecule has 0 aliphatic carbocycles. The van der Waals surface area contributed by atoms with Crippen LogP contribution in [0.2, 0.25) is 0 Å². The molecule has 1 unspecified atom stereocenters. The summed E-state index contributed by atoms with van der Waals surface area (Å²) in [5, 5.41) is 17.5. The van der Waals surface area contributed by atoms with Gasteiger partial charge in [-0.05, 0) is 31.4 Å². The first-order chi connectivity index (χ1) is 8.28. The van der Waals surface area contributed by atoms with Gasteiger partial charge >= 0.3 is 0 Å². The Morgan fingerprint density at radius 2 is 2.35 bits per heavy atom. The van der Waals surface area contributed by atoms with Gasteiger partial charge in [-0.25, -0.2) is 0 Å². The highest BCUT2D eigenvalue weighted by atomic mass is 16.3. The van der Waals surface area contributed by atoms with Gasteiger partial charge in [-0.2, -0.15) is 0 Å². The average molecular weight is 233 g/mol. The van der Waals surface area contributed by atoms with Crippen LogP contribution < -0.4 is 0 Å². The summed E-state index contributed by atoms with van der Waals surface area (Å²) in [5.74, 6) is 3.70. The molecule has 3 heterocycles. The minimum absolute atomic E-state index is 0.224. The fourth-order valence-electron chi connectivity index (χ4n) is 2.29.